The Kier molecular flexibility index (Phi) is 15.7. The molecule has 0 saturated carbocycles. The Morgan fingerprint density at radius 1 is 0.287 bits per heavy atom. The zero-order chi connectivity index (χ0) is 63.8. The average molecular weight is 1280 g/mol. The summed E-state index contributed by atoms with van der Waals surface area (Å²) < 4.78 is 12.8. The maximum absolute atomic E-state index is 6.15. The van der Waals surface area contributed by atoms with Crippen LogP contribution in [0.3, 0.4) is 0 Å². The molecule has 10 aromatic carbocycles. The zero-order valence-corrected chi connectivity index (χ0v) is 53.1. The van der Waals surface area contributed by atoms with Gasteiger partial charge in [-0.1, -0.05) is 231 Å². The number of halogens is 1. The van der Waals surface area contributed by atoms with E-state index < -0.39 is 18.3 Å². The number of hydrogen-bond donors (Lipinski definition) is 0. The maximum atomic E-state index is 6.15. The first kappa shape index (κ1) is 59.0. The summed E-state index contributed by atoms with van der Waals surface area (Å²) >= 11 is 3.35. The Morgan fingerprint density at radius 2 is 0.606 bits per heavy atom. The third-order valence-corrected chi connectivity index (χ3v) is 17.4. The Balaban J connectivity index is 0.000000125. The lowest BCUT2D eigenvalue weighted by Gasteiger charge is -2.32. The second kappa shape index (κ2) is 25.1. The van der Waals surface area contributed by atoms with Gasteiger partial charge in [-0.05, 0) is 77.3 Å². The summed E-state index contributed by atoms with van der Waals surface area (Å²) in [4.78, 5) is 56.5. The summed E-state index contributed by atoms with van der Waals surface area (Å²) in [5, 5.41) is 11.4. The normalized spacial score (nSPS) is 13.2. The number of benzene rings is 10. The fraction of sp³-hybridized carbons (Fsp3) is 0.0769. The number of rotatable bonds is 8. The van der Waals surface area contributed by atoms with Crippen molar-refractivity contribution in [1.29, 1.82) is 0 Å². The molecule has 94 heavy (non-hydrogen) atoms. The van der Waals surface area contributed by atoms with Crippen molar-refractivity contribution in [2.45, 2.75) is 38.9 Å². The standard InChI is InChI=1S/C36H22N6.C27H24BN3O2.C15H10BrN3/c1-3-12-24(13-4-1)33-40-34(25-14-5-2-6-15-25)42-35(41-33)26-21-37-36(38-22-26)32-29-20-19-23-11-7-8-16-27(23)31(29)28-17-9-10-18-30(28)39-32;1-26(2)27(3,4)33-28(32-26)18-15-29-25(30-16-18)24-21-14-13-17-9-5-6-10-19(17)23(21)20-11-7-8-12-22(20)31-24;16-15-18-13(11-7-3-1-4-8-11)17-14(19-15)12-9-5-2-6-10-12/h1-22H;5-16H,1-4H3;1-10H. The summed E-state index contributed by atoms with van der Waals surface area (Å²) in [5.74, 6) is 4.17. The van der Waals surface area contributed by atoms with Gasteiger partial charge in [0.1, 0.15) is 11.4 Å². The van der Waals surface area contributed by atoms with Crippen molar-refractivity contribution in [2.75, 3.05) is 0 Å². The zero-order valence-electron chi connectivity index (χ0n) is 51.5. The Morgan fingerprint density at radius 3 is 1.00 bits per heavy atom. The van der Waals surface area contributed by atoms with Gasteiger partial charge in [-0.15, -0.1) is 0 Å². The smallest absolute Gasteiger partial charge is 0.399 e. The second-order valence-electron chi connectivity index (χ2n) is 23.6. The van der Waals surface area contributed by atoms with Gasteiger partial charge < -0.3 is 9.31 Å². The molecular weight excluding hydrogens is 1230 g/mol. The Hall–Kier alpha value is -11.3. The van der Waals surface area contributed by atoms with Gasteiger partial charge in [-0.25, -0.2) is 59.8 Å². The third kappa shape index (κ3) is 11.7. The number of fused-ring (bicyclic) bond motifs is 10. The van der Waals surface area contributed by atoms with E-state index in [2.05, 4.69) is 128 Å². The van der Waals surface area contributed by atoms with Crippen LogP contribution >= 0.6 is 15.9 Å². The summed E-state index contributed by atoms with van der Waals surface area (Å²) in [6.07, 6.45) is 7.11. The summed E-state index contributed by atoms with van der Waals surface area (Å²) in [5.41, 5.74) is 7.80. The van der Waals surface area contributed by atoms with Gasteiger partial charge in [0, 0.05) is 84.8 Å². The highest BCUT2D eigenvalue weighted by molar-refractivity contribution is 9.10. The van der Waals surface area contributed by atoms with Gasteiger partial charge in [0.25, 0.3) is 0 Å². The fourth-order valence-corrected chi connectivity index (χ4v) is 12.0. The molecule has 0 aliphatic carbocycles. The molecule has 1 saturated heterocycles. The van der Waals surface area contributed by atoms with Gasteiger partial charge in [0.15, 0.2) is 40.8 Å². The molecule has 450 valence electrons. The molecule has 0 N–H and O–H groups in total. The first-order chi connectivity index (χ1) is 46.0. The molecule has 6 aromatic heterocycles. The predicted molar refractivity (Wildman–Crippen MR) is 379 cm³/mol. The average Bonchev–Trinajstić information content (AvgIpc) is 0.912. The molecular formula is C78H56BBrN12O2. The number of aromatic nitrogens is 12. The fourth-order valence-electron chi connectivity index (χ4n) is 11.6. The summed E-state index contributed by atoms with van der Waals surface area (Å²) in [7, 11) is -0.491. The van der Waals surface area contributed by atoms with E-state index in [0.717, 1.165) is 77.1 Å². The van der Waals surface area contributed by atoms with Crippen LogP contribution in [0, 0.1) is 0 Å². The monoisotopic (exact) mass is 1280 g/mol. The minimum atomic E-state index is -0.491. The van der Waals surface area contributed by atoms with Crippen molar-refractivity contribution in [2.24, 2.45) is 0 Å². The third-order valence-electron chi connectivity index (χ3n) is 17.1. The number of hydrogen-bond acceptors (Lipinski definition) is 14. The van der Waals surface area contributed by atoms with E-state index in [1.165, 1.54) is 26.9 Å². The number of nitrogens with zero attached hydrogens (tertiary/aromatic N) is 12. The number of pyridine rings is 2. The highest BCUT2D eigenvalue weighted by Crippen LogP contribution is 2.40. The van der Waals surface area contributed by atoms with E-state index in [4.69, 9.17) is 54.2 Å². The van der Waals surface area contributed by atoms with E-state index >= 15 is 0 Å². The lowest BCUT2D eigenvalue weighted by Crippen LogP contribution is -2.41. The van der Waals surface area contributed by atoms with E-state index in [0.29, 0.717) is 51.1 Å². The SMILES string of the molecule is Brc1nc(-c2ccccc2)nc(-c2ccccc2)n1.CC1(C)OB(c2cnc(-c3nc4ccccc4c4c3ccc3ccccc34)nc2)OC1(C)C.c1ccc(-c2nc(-c3ccccc3)nc(-c3cnc(-c4nc5ccccc5c5c4ccc4ccccc45)nc3)n2)cc1. The minimum absolute atomic E-state index is 0.409. The van der Waals surface area contributed by atoms with Crippen molar-refractivity contribution in [1.82, 2.24) is 59.8 Å². The summed E-state index contributed by atoms with van der Waals surface area (Å²) in [6.45, 7) is 8.16. The minimum Gasteiger partial charge on any atom is -0.399 e. The quantitative estimate of drug-likeness (QED) is 0.104. The molecule has 1 aliphatic rings. The van der Waals surface area contributed by atoms with Crippen LogP contribution in [0.15, 0.2) is 272 Å². The number of para-hydroxylation sites is 2. The molecule has 16 heteroatoms. The second-order valence-corrected chi connectivity index (χ2v) is 24.3. The van der Waals surface area contributed by atoms with Crippen molar-refractivity contribution in [3.63, 3.8) is 0 Å². The van der Waals surface area contributed by atoms with Crippen LogP contribution < -0.4 is 5.46 Å². The van der Waals surface area contributed by atoms with Gasteiger partial charge in [-0.3, -0.25) is 0 Å². The Bertz CT molecular complexity index is 5310. The molecule has 17 rings (SSSR count). The van der Waals surface area contributed by atoms with E-state index in [9.17, 15) is 0 Å². The lowest BCUT2D eigenvalue weighted by atomic mass is 9.81. The van der Waals surface area contributed by atoms with Crippen LogP contribution in [-0.2, 0) is 9.31 Å². The van der Waals surface area contributed by atoms with E-state index in [-0.39, 0.29) is 0 Å². The van der Waals surface area contributed by atoms with Gasteiger partial charge in [0.2, 0.25) is 4.73 Å². The van der Waals surface area contributed by atoms with Crippen molar-refractivity contribution < 1.29 is 9.31 Å². The van der Waals surface area contributed by atoms with Crippen LogP contribution in [-0.4, -0.2) is 78.1 Å². The largest absolute Gasteiger partial charge is 0.498 e. The molecule has 0 radical (unpaired) electrons. The van der Waals surface area contributed by atoms with Gasteiger partial charge >= 0.3 is 7.12 Å². The predicted octanol–water partition coefficient (Wildman–Crippen LogP) is 17.4. The van der Waals surface area contributed by atoms with Crippen molar-refractivity contribution >= 4 is 93.4 Å². The highest BCUT2D eigenvalue weighted by Gasteiger charge is 2.52. The Labute approximate surface area is 550 Å². The molecule has 7 heterocycles. The molecule has 14 nitrogen and oxygen atoms in total. The van der Waals surface area contributed by atoms with Gasteiger partial charge in [-0.2, -0.15) is 0 Å². The van der Waals surface area contributed by atoms with Crippen LogP contribution in [0.2, 0.25) is 0 Å². The van der Waals surface area contributed by atoms with E-state index in [1.807, 2.05) is 173 Å². The molecule has 0 spiro atoms. The lowest BCUT2D eigenvalue weighted by molar-refractivity contribution is 0.00578. The first-order valence-corrected chi connectivity index (χ1v) is 31.6. The molecule has 0 unspecified atom stereocenters. The highest BCUT2D eigenvalue weighted by atomic mass is 79.9. The van der Waals surface area contributed by atoms with Crippen LogP contribution in [0.1, 0.15) is 27.7 Å². The molecule has 0 atom stereocenters. The van der Waals surface area contributed by atoms with Gasteiger partial charge in [0.05, 0.1) is 27.8 Å². The molecule has 0 bridgehead atoms. The van der Waals surface area contributed by atoms with Crippen molar-refractivity contribution in [3.8, 4) is 80.0 Å². The molecule has 16 aromatic rings. The van der Waals surface area contributed by atoms with Crippen LogP contribution in [0.5, 0.6) is 0 Å². The van der Waals surface area contributed by atoms with Crippen LogP contribution in [0.4, 0.5) is 0 Å². The maximum Gasteiger partial charge on any atom is 0.498 e. The summed E-state index contributed by atoms with van der Waals surface area (Å²) in [6, 6.07) is 81.4. The van der Waals surface area contributed by atoms with Crippen LogP contribution in [0.25, 0.3) is 145 Å². The topological polar surface area (TPSA) is 173 Å². The van der Waals surface area contributed by atoms with Crippen molar-refractivity contribution in [3.05, 3.63) is 272 Å². The van der Waals surface area contributed by atoms with E-state index in [1.54, 1.807) is 24.8 Å². The molecule has 1 aliphatic heterocycles. The molecule has 1 fully saturated rings. The first-order valence-electron chi connectivity index (χ1n) is 30.8. The molecule has 0 amide bonds.